The number of nitrogens with zero attached hydrogens (tertiary/aromatic N) is 1. The van der Waals surface area contributed by atoms with Crippen LogP contribution in [0.3, 0.4) is 0 Å². The van der Waals surface area contributed by atoms with Crippen molar-refractivity contribution in [3.05, 3.63) is 29.8 Å². The number of rotatable bonds is 8. The van der Waals surface area contributed by atoms with Crippen LogP contribution >= 0.6 is 0 Å². The molecule has 1 aliphatic heterocycles. The second-order valence-electron chi connectivity index (χ2n) is 8.16. The third-order valence-corrected chi connectivity index (χ3v) is 5.39. The molecule has 31 heavy (non-hydrogen) atoms. The second-order valence-corrected chi connectivity index (χ2v) is 8.16. The van der Waals surface area contributed by atoms with Gasteiger partial charge in [-0.2, -0.15) is 0 Å². The maximum absolute atomic E-state index is 13.2. The fraction of sp³-hybridized carbons (Fsp3) is 0.545. The van der Waals surface area contributed by atoms with E-state index >= 15 is 0 Å². The highest BCUT2D eigenvalue weighted by Crippen LogP contribution is 2.20. The molecule has 1 aromatic carbocycles. The number of hydrogen-bond donors (Lipinski definition) is 4. The summed E-state index contributed by atoms with van der Waals surface area (Å²) in [7, 11) is 1.53. The summed E-state index contributed by atoms with van der Waals surface area (Å²) in [6.07, 6.45) is 1.51. The average Bonchev–Trinajstić information content (AvgIpc) is 3.21. The van der Waals surface area contributed by atoms with Crippen molar-refractivity contribution < 1.29 is 24.3 Å². The Labute approximate surface area is 182 Å². The number of nitrogens with one attached hydrogen (secondary N) is 3. The van der Waals surface area contributed by atoms with Crippen LogP contribution in [0.15, 0.2) is 24.3 Å². The molecule has 9 heteroatoms. The first-order valence-corrected chi connectivity index (χ1v) is 10.5. The number of benzene rings is 1. The lowest BCUT2D eigenvalue weighted by atomic mass is 10.00. The van der Waals surface area contributed by atoms with E-state index < -0.39 is 24.0 Å². The summed E-state index contributed by atoms with van der Waals surface area (Å²) in [4.78, 5) is 51.6. The van der Waals surface area contributed by atoms with Crippen LogP contribution in [0.25, 0.3) is 0 Å². The summed E-state index contributed by atoms with van der Waals surface area (Å²) in [5.41, 5.74) is 0.748. The van der Waals surface area contributed by atoms with Gasteiger partial charge in [-0.15, -0.1) is 0 Å². The fourth-order valence-electron chi connectivity index (χ4n) is 3.74. The lowest BCUT2D eigenvalue weighted by Crippen LogP contribution is -2.58. The van der Waals surface area contributed by atoms with Crippen LogP contribution in [0.2, 0.25) is 0 Å². The first-order valence-electron chi connectivity index (χ1n) is 10.5. The van der Waals surface area contributed by atoms with Crippen molar-refractivity contribution in [1.82, 2.24) is 20.9 Å². The van der Waals surface area contributed by atoms with Crippen LogP contribution in [0.5, 0.6) is 5.75 Å². The van der Waals surface area contributed by atoms with Crippen molar-refractivity contribution in [2.24, 2.45) is 5.92 Å². The van der Waals surface area contributed by atoms with Crippen LogP contribution in [-0.2, 0) is 25.6 Å². The number of amides is 4. The van der Waals surface area contributed by atoms with Gasteiger partial charge in [-0.3, -0.25) is 19.2 Å². The summed E-state index contributed by atoms with van der Waals surface area (Å²) in [5, 5.41) is 17.4. The Bertz CT molecular complexity index is 809. The minimum atomic E-state index is -0.885. The molecule has 2 rings (SSSR count). The van der Waals surface area contributed by atoms with Crippen LogP contribution in [-0.4, -0.2) is 65.4 Å². The minimum absolute atomic E-state index is 0.103. The quantitative estimate of drug-likeness (QED) is 0.470. The van der Waals surface area contributed by atoms with E-state index in [1.54, 1.807) is 12.1 Å². The van der Waals surface area contributed by atoms with E-state index in [4.69, 9.17) is 0 Å². The maximum atomic E-state index is 13.2. The molecular weight excluding hydrogens is 400 g/mol. The number of phenolic OH excluding ortho intramolecular Hbond substituents is 1. The van der Waals surface area contributed by atoms with Crippen molar-refractivity contribution in [2.45, 2.75) is 58.2 Å². The minimum Gasteiger partial charge on any atom is -0.508 e. The van der Waals surface area contributed by atoms with Gasteiger partial charge in [-0.25, -0.2) is 0 Å². The molecule has 0 bridgehead atoms. The van der Waals surface area contributed by atoms with Gasteiger partial charge in [-0.1, -0.05) is 26.0 Å². The van der Waals surface area contributed by atoms with Crippen molar-refractivity contribution in [1.29, 1.82) is 0 Å². The average molecular weight is 433 g/mol. The Morgan fingerprint density at radius 2 is 1.77 bits per heavy atom. The van der Waals surface area contributed by atoms with Gasteiger partial charge < -0.3 is 26.0 Å². The first-order chi connectivity index (χ1) is 14.6. The van der Waals surface area contributed by atoms with Crippen molar-refractivity contribution >= 4 is 23.6 Å². The van der Waals surface area contributed by atoms with E-state index in [0.29, 0.717) is 13.0 Å². The third kappa shape index (κ3) is 6.44. The van der Waals surface area contributed by atoms with Crippen molar-refractivity contribution in [2.75, 3.05) is 13.6 Å². The summed E-state index contributed by atoms with van der Waals surface area (Å²) in [6.45, 7) is 5.42. The SMILES string of the molecule is CNC(=O)[C@@H]1CCCN1C(=O)[C@@H](NC(=O)[C@H](Cc1ccc(O)cc1)NC(C)=O)C(C)C. The molecule has 9 nitrogen and oxygen atoms in total. The molecule has 3 atom stereocenters. The molecule has 1 heterocycles. The molecule has 0 unspecified atom stereocenters. The zero-order valence-electron chi connectivity index (χ0n) is 18.5. The number of phenols is 1. The van der Waals surface area contributed by atoms with Crippen LogP contribution in [0, 0.1) is 5.92 Å². The largest absolute Gasteiger partial charge is 0.508 e. The predicted molar refractivity (Wildman–Crippen MR) is 115 cm³/mol. The number of carbonyl (C=O) groups excluding carboxylic acids is 4. The number of carbonyl (C=O) groups is 4. The zero-order chi connectivity index (χ0) is 23.1. The molecule has 1 fully saturated rings. The Morgan fingerprint density at radius 3 is 2.32 bits per heavy atom. The molecule has 4 N–H and O–H groups in total. The van der Waals surface area contributed by atoms with Gasteiger partial charge in [0.15, 0.2) is 0 Å². The molecule has 0 aromatic heterocycles. The maximum Gasteiger partial charge on any atom is 0.246 e. The number of likely N-dealkylation sites (tertiary alicyclic amines) is 1. The molecule has 1 saturated heterocycles. The highest BCUT2D eigenvalue weighted by Gasteiger charge is 2.39. The lowest BCUT2D eigenvalue weighted by molar-refractivity contribution is -0.142. The molecule has 1 aromatic rings. The highest BCUT2D eigenvalue weighted by atomic mass is 16.3. The van der Waals surface area contributed by atoms with E-state index in [9.17, 15) is 24.3 Å². The smallest absolute Gasteiger partial charge is 0.246 e. The monoisotopic (exact) mass is 432 g/mol. The normalized spacial score (nSPS) is 17.7. The molecule has 1 aliphatic rings. The Morgan fingerprint density at radius 1 is 1.13 bits per heavy atom. The van der Waals surface area contributed by atoms with E-state index in [2.05, 4.69) is 16.0 Å². The molecular formula is C22H32N4O5. The van der Waals surface area contributed by atoms with E-state index in [1.807, 2.05) is 13.8 Å². The van der Waals surface area contributed by atoms with Gasteiger partial charge in [0.1, 0.15) is 23.9 Å². The number of aromatic hydroxyl groups is 1. The summed E-state index contributed by atoms with van der Waals surface area (Å²) in [5.74, 6) is -1.49. The molecule has 170 valence electrons. The van der Waals surface area contributed by atoms with E-state index in [-0.39, 0.29) is 35.8 Å². The molecule has 0 radical (unpaired) electrons. The summed E-state index contributed by atoms with van der Waals surface area (Å²) in [6, 6.07) is 4.09. The number of hydrogen-bond acceptors (Lipinski definition) is 5. The Hall–Kier alpha value is -3.10. The third-order valence-electron chi connectivity index (χ3n) is 5.39. The Kier molecular flexibility index (Phi) is 8.41. The fourth-order valence-corrected chi connectivity index (χ4v) is 3.74. The first kappa shape index (κ1) is 24.2. The van der Waals surface area contributed by atoms with Crippen molar-refractivity contribution in [3.8, 4) is 5.75 Å². The van der Waals surface area contributed by atoms with Gasteiger partial charge in [0.2, 0.25) is 23.6 Å². The van der Waals surface area contributed by atoms with Gasteiger partial charge in [0.05, 0.1) is 0 Å². The molecule has 0 spiro atoms. The van der Waals surface area contributed by atoms with Crippen LogP contribution in [0.4, 0.5) is 0 Å². The summed E-state index contributed by atoms with van der Waals surface area (Å²) < 4.78 is 0. The van der Waals surface area contributed by atoms with Crippen LogP contribution in [0.1, 0.15) is 39.2 Å². The standard InChI is InChI=1S/C22H32N4O5/c1-13(2)19(22(31)26-11-5-6-18(26)21(30)23-4)25-20(29)17(24-14(3)27)12-15-7-9-16(28)10-8-15/h7-10,13,17-19,28H,5-6,11-12H2,1-4H3,(H,23,30)(H,24,27)(H,25,29)/t17-,18-,19-/m0/s1. The van der Waals surface area contributed by atoms with E-state index in [0.717, 1.165) is 12.0 Å². The molecule has 0 saturated carbocycles. The predicted octanol–water partition coefficient (Wildman–Crippen LogP) is 0.317. The highest BCUT2D eigenvalue weighted by molar-refractivity contribution is 5.94. The summed E-state index contributed by atoms with van der Waals surface area (Å²) >= 11 is 0. The molecule has 0 aliphatic carbocycles. The van der Waals surface area contributed by atoms with E-state index in [1.165, 1.54) is 31.0 Å². The van der Waals surface area contributed by atoms with Gasteiger partial charge in [0.25, 0.3) is 0 Å². The van der Waals surface area contributed by atoms with Gasteiger partial charge in [-0.05, 0) is 36.5 Å². The van der Waals surface area contributed by atoms with Gasteiger partial charge >= 0.3 is 0 Å². The topological polar surface area (TPSA) is 128 Å². The second kappa shape index (κ2) is 10.8. The van der Waals surface area contributed by atoms with Crippen molar-refractivity contribution in [3.63, 3.8) is 0 Å². The number of likely N-dealkylation sites (N-methyl/N-ethyl adjacent to an activating group) is 1. The molecule has 4 amide bonds. The van der Waals surface area contributed by atoms with Gasteiger partial charge in [0, 0.05) is 26.9 Å². The van der Waals surface area contributed by atoms with Crippen LogP contribution < -0.4 is 16.0 Å². The Balaban J connectivity index is 2.17. The zero-order valence-corrected chi connectivity index (χ0v) is 18.5. The lowest BCUT2D eigenvalue weighted by Gasteiger charge is -2.31.